The molecule has 6 heteroatoms. The number of carbonyl (C=O) groups is 2. The molecular formula is C13H24N2O4. The van der Waals surface area contributed by atoms with E-state index in [0.29, 0.717) is 13.0 Å². The number of amides is 1. The van der Waals surface area contributed by atoms with Crippen molar-refractivity contribution in [1.82, 2.24) is 4.90 Å². The topological polar surface area (TPSA) is 81.9 Å². The second kappa shape index (κ2) is 6.23. The molecular weight excluding hydrogens is 248 g/mol. The maximum absolute atomic E-state index is 12.1. The van der Waals surface area contributed by atoms with E-state index >= 15 is 0 Å². The number of ether oxygens (including phenoxy) is 2. The monoisotopic (exact) mass is 272 g/mol. The van der Waals surface area contributed by atoms with E-state index in [0.717, 1.165) is 6.42 Å². The third-order valence-electron chi connectivity index (χ3n) is 2.83. The van der Waals surface area contributed by atoms with Crippen molar-refractivity contribution in [3.05, 3.63) is 0 Å². The van der Waals surface area contributed by atoms with Gasteiger partial charge in [0.1, 0.15) is 11.6 Å². The minimum absolute atomic E-state index is 0.268. The lowest BCUT2D eigenvalue weighted by Crippen LogP contribution is -2.59. The summed E-state index contributed by atoms with van der Waals surface area (Å²) in [5.74, 6) is -0.458. The molecule has 1 fully saturated rings. The first-order chi connectivity index (χ1) is 8.76. The molecule has 1 amide bonds. The third-order valence-corrected chi connectivity index (χ3v) is 2.83. The van der Waals surface area contributed by atoms with Gasteiger partial charge in [-0.25, -0.2) is 9.59 Å². The fraction of sp³-hybridized carbons (Fsp3) is 0.846. The molecule has 0 spiro atoms. The zero-order chi connectivity index (χ0) is 14.6. The van der Waals surface area contributed by atoms with Crippen molar-refractivity contribution >= 4 is 12.1 Å². The highest BCUT2D eigenvalue weighted by Crippen LogP contribution is 2.20. The maximum atomic E-state index is 12.1. The van der Waals surface area contributed by atoms with Gasteiger partial charge in [0.25, 0.3) is 0 Å². The number of hydrogen-bond acceptors (Lipinski definition) is 5. The Balaban J connectivity index is 2.82. The SMILES string of the molecule is CCOC(=O)C1C(N)CCCN1C(=O)OC(C)(C)C. The van der Waals surface area contributed by atoms with E-state index in [9.17, 15) is 9.59 Å². The van der Waals surface area contributed by atoms with Gasteiger partial charge in [-0.3, -0.25) is 4.90 Å². The first-order valence-electron chi connectivity index (χ1n) is 6.68. The summed E-state index contributed by atoms with van der Waals surface area (Å²) in [6.07, 6.45) is 0.944. The summed E-state index contributed by atoms with van der Waals surface area (Å²) in [5, 5.41) is 0. The van der Waals surface area contributed by atoms with E-state index < -0.39 is 29.7 Å². The minimum Gasteiger partial charge on any atom is -0.464 e. The van der Waals surface area contributed by atoms with Gasteiger partial charge in [-0.15, -0.1) is 0 Å². The van der Waals surface area contributed by atoms with Gasteiger partial charge in [-0.1, -0.05) is 0 Å². The Labute approximate surface area is 114 Å². The van der Waals surface area contributed by atoms with Crippen molar-refractivity contribution in [1.29, 1.82) is 0 Å². The molecule has 0 aromatic heterocycles. The number of nitrogens with zero attached hydrogens (tertiary/aromatic N) is 1. The normalized spacial score (nSPS) is 23.9. The highest BCUT2D eigenvalue weighted by atomic mass is 16.6. The summed E-state index contributed by atoms with van der Waals surface area (Å²) in [6.45, 7) is 7.82. The summed E-state index contributed by atoms with van der Waals surface area (Å²) in [4.78, 5) is 25.4. The zero-order valence-electron chi connectivity index (χ0n) is 12.1. The molecule has 0 aliphatic carbocycles. The number of piperidine rings is 1. The van der Waals surface area contributed by atoms with Gasteiger partial charge in [0.05, 0.1) is 6.61 Å². The number of esters is 1. The van der Waals surface area contributed by atoms with Gasteiger partial charge in [0.15, 0.2) is 0 Å². The van der Waals surface area contributed by atoms with Crippen LogP contribution < -0.4 is 5.73 Å². The Hall–Kier alpha value is -1.30. The fourth-order valence-corrected chi connectivity index (χ4v) is 2.08. The van der Waals surface area contributed by atoms with Gasteiger partial charge in [-0.05, 0) is 40.5 Å². The molecule has 2 unspecified atom stereocenters. The molecule has 1 aliphatic heterocycles. The van der Waals surface area contributed by atoms with Gasteiger partial charge in [0.2, 0.25) is 0 Å². The summed E-state index contributed by atoms with van der Waals surface area (Å²) in [6, 6.07) is -1.15. The first kappa shape index (κ1) is 15.8. The van der Waals surface area contributed by atoms with Crippen molar-refractivity contribution in [2.75, 3.05) is 13.2 Å². The Kier molecular flexibility index (Phi) is 5.17. The van der Waals surface area contributed by atoms with Gasteiger partial charge < -0.3 is 15.2 Å². The predicted molar refractivity (Wildman–Crippen MR) is 70.6 cm³/mol. The van der Waals surface area contributed by atoms with Crippen LogP contribution >= 0.6 is 0 Å². The van der Waals surface area contributed by atoms with Crippen LogP contribution in [-0.2, 0) is 14.3 Å². The summed E-state index contributed by atoms with van der Waals surface area (Å²) in [5.41, 5.74) is 5.35. The third kappa shape index (κ3) is 4.38. The minimum atomic E-state index is -0.747. The summed E-state index contributed by atoms with van der Waals surface area (Å²) >= 11 is 0. The molecule has 2 atom stereocenters. The standard InChI is InChI=1S/C13H24N2O4/c1-5-18-11(16)10-9(14)7-6-8-15(10)12(17)19-13(2,3)4/h9-10H,5-8,14H2,1-4H3. The van der Waals surface area contributed by atoms with Crippen LogP contribution in [0.5, 0.6) is 0 Å². The maximum Gasteiger partial charge on any atom is 0.411 e. The lowest BCUT2D eigenvalue weighted by molar-refractivity contribution is -0.151. The second-order valence-electron chi connectivity index (χ2n) is 5.68. The number of likely N-dealkylation sites (tertiary alicyclic amines) is 1. The fourth-order valence-electron chi connectivity index (χ4n) is 2.08. The number of rotatable bonds is 2. The average Bonchev–Trinajstić information content (AvgIpc) is 2.26. The molecule has 0 bridgehead atoms. The van der Waals surface area contributed by atoms with Crippen molar-refractivity contribution in [3.63, 3.8) is 0 Å². The number of carbonyl (C=O) groups excluding carboxylic acids is 2. The Bertz CT molecular complexity index is 338. The van der Waals surface area contributed by atoms with Gasteiger partial charge in [-0.2, -0.15) is 0 Å². The van der Waals surface area contributed by atoms with Crippen LogP contribution in [0.4, 0.5) is 4.79 Å². The lowest BCUT2D eigenvalue weighted by Gasteiger charge is -2.38. The largest absolute Gasteiger partial charge is 0.464 e. The molecule has 0 aromatic carbocycles. The quantitative estimate of drug-likeness (QED) is 0.766. The van der Waals surface area contributed by atoms with Gasteiger partial charge in [0, 0.05) is 12.6 Å². The molecule has 1 heterocycles. The van der Waals surface area contributed by atoms with E-state index in [1.54, 1.807) is 27.7 Å². The molecule has 6 nitrogen and oxygen atoms in total. The first-order valence-corrected chi connectivity index (χ1v) is 6.68. The molecule has 0 saturated carbocycles. The van der Waals surface area contributed by atoms with Crippen molar-refractivity contribution in [2.45, 2.75) is 58.2 Å². The Morgan fingerprint density at radius 2 is 2.00 bits per heavy atom. The van der Waals surface area contributed by atoms with Crippen molar-refractivity contribution in [3.8, 4) is 0 Å². The highest BCUT2D eigenvalue weighted by Gasteiger charge is 2.40. The zero-order valence-corrected chi connectivity index (χ0v) is 12.1. The Morgan fingerprint density at radius 3 is 2.53 bits per heavy atom. The predicted octanol–water partition coefficient (Wildman–Crippen LogP) is 1.28. The van der Waals surface area contributed by atoms with E-state index in [4.69, 9.17) is 15.2 Å². The molecule has 19 heavy (non-hydrogen) atoms. The highest BCUT2D eigenvalue weighted by molar-refractivity contribution is 5.82. The van der Waals surface area contributed by atoms with Crippen LogP contribution in [0.1, 0.15) is 40.5 Å². The van der Waals surface area contributed by atoms with E-state index in [1.165, 1.54) is 4.90 Å². The number of nitrogens with two attached hydrogens (primary N) is 1. The molecule has 110 valence electrons. The van der Waals surface area contributed by atoms with E-state index in [1.807, 2.05) is 0 Å². The molecule has 1 rings (SSSR count). The van der Waals surface area contributed by atoms with Crippen LogP contribution in [0.15, 0.2) is 0 Å². The van der Waals surface area contributed by atoms with Crippen LogP contribution in [0.25, 0.3) is 0 Å². The smallest absolute Gasteiger partial charge is 0.411 e. The van der Waals surface area contributed by atoms with Crippen molar-refractivity contribution in [2.24, 2.45) is 5.73 Å². The molecule has 2 N–H and O–H groups in total. The summed E-state index contributed by atoms with van der Waals surface area (Å²) in [7, 11) is 0. The van der Waals surface area contributed by atoms with Crippen molar-refractivity contribution < 1.29 is 19.1 Å². The van der Waals surface area contributed by atoms with Crippen LogP contribution in [0.2, 0.25) is 0 Å². The van der Waals surface area contributed by atoms with Gasteiger partial charge >= 0.3 is 12.1 Å². The summed E-state index contributed by atoms with van der Waals surface area (Å²) < 4.78 is 10.3. The van der Waals surface area contributed by atoms with Crippen LogP contribution in [0.3, 0.4) is 0 Å². The average molecular weight is 272 g/mol. The van der Waals surface area contributed by atoms with E-state index in [2.05, 4.69) is 0 Å². The second-order valence-corrected chi connectivity index (χ2v) is 5.68. The number of hydrogen-bond donors (Lipinski definition) is 1. The van der Waals surface area contributed by atoms with Crippen LogP contribution in [0, 0.1) is 0 Å². The molecule has 0 aromatic rings. The lowest BCUT2D eigenvalue weighted by atomic mass is 9.97. The Morgan fingerprint density at radius 1 is 1.37 bits per heavy atom. The molecule has 0 radical (unpaired) electrons. The molecule has 1 saturated heterocycles. The molecule has 1 aliphatic rings. The van der Waals surface area contributed by atoms with E-state index in [-0.39, 0.29) is 6.61 Å². The van der Waals surface area contributed by atoms with Crippen LogP contribution in [-0.4, -0.2) is 47.8 Å².